The molecule has 4 nitrogen and oxygen atoms in total. The molecule has 0 aliphatic heterocycles. The van der Waals surface area contributed by atoms with Gasteiger partial charge in [-0.25, -0.2) is 4.98 Å². The van der Waals surface area contributed by atoms with Crippen molar-refractivity contribution in [3.05, 3.63) is 59.4 Å². The molecular formula is C15H14N2O2. The molecule has 1 aromatic heterocycles. The number of anilines is 1. The van der Waals surface area contributed by atoms with Crippen LogP contribution in [0.2, 0.25) is 0 Å². The summed E-state index contributed by atoms with van der Waals surface area (Å²) < 4.78 is 0. The van der Waals surface area contributed by atoms with Gasteiger partial charge in [0.1, 0.15) is 5.69 Å². The summed E-state index contributed by atoms with van der Waals surface area (Å²) in [4.78, 5) is 27.2. The Morgan fingerprint density at radius 2 is 1.74 bits per heavy atom. The molecule has 1 aromatic carbocycles. The number of ketones is 1. The highest BCUT2D eigenvalue weighted by Crippen LogP contribution is 2.11. The zero-order valence-corrected chi connectivity index (χ0v) is 10.8. The molecule has 1 N–H and O–H groups in total. The van der Waals surface area contributed by atoms with Gasteiger partial charge in [0.15, 0.2) is 5.78 Å². The molecule has 2 rings (SSSR count). The minimum Gasteiger partial charge on any atom is -0.321 e. The SMILES string of the molecule is CC(=O)c1ccc(NC(=O)c2cccc(C)n2)cc1. The largest absolute Gasteiger partial charge is 0.321 e. The van der Waals surface area contributed by atoms with E-state index in [1.54, 1.807) is 36.4 Å². The van der Waals surface area contributed by atoms with Gasteiger partial charge in [0.05, 0.1) is 0 Å². The number of benzene rings is 1. The number of aryl methyl sites for hydroxylation is 1. The Kier molecular flexibility index (Phi) is 3.71. The predicted octanol–water partition coefficient (Wildman–Crippen LogP) is 2.84. The van der Waals surface area contributed by atoms with E-state index < -0.39 is 0 Å². The lowest BCUT2D eigenvalue weighted by molar-refractivity contribution is 0.101. The maximum Gasteiger partial charge on any atom is 0.274 e. The summed E-state index contributed by atoms with van der Waals surface area (Å²) in [5, 5.41) is 2.74. The second-order valence-corrected chi connectivity index (χ2v) is 4.25. The van der Waals surface area contributed by atoms with Crippen molar-refractivity contribution in [1.82, 2.24) is 4.98 Å². The van der Waals surface area contributed by atoms with Crippen molar-refractivity contribution < 1.29 is 9.59 Å². The highest BCUT2D eigenvalue weighted by Gasteiger charge is 2.07. The topological polar surface area (TPSA) is 59.1 Å². The predicted molar refractivity (Wildman–Crippen MR) is 73.4 cm³/mol. The van der Waals surface area contributed by atoms with Crippen LogP contribution >= 0.6 is 0 Å². The summed E-state index contributed by atoms with van der Waals surface area (Å²) in [7, 11) is 0. The molecule has 0 saturated heterocycles. The van der Waals surface area contributed by atoms with Crippen molar-refractivity contribution in [3.8, 4) is 0 Å². The summed E-state index contributed by atoms with van der Waals surface area (Å²) >= 11 is 0. The van der Waals surface area contributed by atoms with Gasteiger partial charge in [-0.2, -0.15) is 0 Å². The van der Waals surface area contributed by atoms with Crippen LogP contribution in [-0.4, -0.2) is 16.7 Å². The molecule has 1 amide bonds. The van der Waals surface area contributed by atoms with E-state index in [9.17, 15) is 9.59 Å². The number of nitrogens with zero attached hydrogens (tertiary/aromatic N) is 1. The van der Waals surface area contributed by atoms with E-state index in [1.807, 2.05) is 13.0 Å². The van der Waals surface area contributed by atoms with Gasteiger partial charge in [-0.05, 0) is 50.2 Å². The van der Waals surface area contributed by atoms with E-state index in [4.69, 9.17) is 0 Å². The van der Waals surface area contributed by atoms with Gasteiger partial charge >= 0.3 is 0 Å². The van der Waals surface area contributed by atoms with Gasteiger partial charge in [0, 0.05) is 16.9 Å². The highest BCUT2D eigenvalue weighted by molar-refractivity contribution is 6.03. The van der Waals surface area contributed by atoms with Crippen molar-refractivity contribution in [3.63, 3.8) is 0 Å². The van der Waals surface area contributed by atoms with E-state index in [-0.39, 0.29) is 11.7 Å². The van der Waals surface area contributed by atoms with E-state index in [1.165, 1.54) is 6.92 Å². The summed E-state index contributed by atoms with van der Waals surface area (Å²) in [5.41, 5.74) is 2.42. The van der Waals surface area contributed by atoms with Gasteiger partial charge in [-0.3, -0.25) is 9.59 Å². The number of amides is 1. The fourth-order valence-corrected chi connectivity index (χ4v) is 1.65. The number of carbonyl (C=O) groups is 2. The number of hydrogen-bond donors (Lipinski definition) is 1. The Hall–Kier alpha value is -2.49. The zero-order valence-electron chi connectivity index (χ0n) is 10.8. The normalized spacial score (nSPS) is 10.0. The highest BCUT2D eigenvalue weighted by atomic mass is 16.2. The lowest BCUT2D eigenvalue weighted by atomic mass is 10.1. The van der Waals surface area contributed by atoms with Gasteiger partial charge in [0.2, 0.25) is 0 Å². The van der Waals surface area contributed by atoms with Crippen LogP contribution in [0.1, 0.15) is 33.5 Å². The molecular weight excluding hydrogens is 240 g/mol. The standard InChI is InChI=1S/C15H14N2O2/c1-10-4-3-5-14(16-10)15(19)17-13-8-6-12(7-9-13)11(2)18/h3-9H,1-2H3,(H,17,19). The average Bonchev–Trinajstić information content (AvgIpc) is 2.39. The van der Waals surface area contributed by atoms with Crippen LogP contribution in [-0.2, 0) is 0 Å². The average molecular weight is 254 g/mol. The maximum absolute atomic E-state index is 11.9. The van der Waals surface area contributed by atoms with Crippen molar-refractivity contribution in [2.75, 3.05) is 5.32 Å². The van der Waals surface area contributed by atoms with Crippen molar-refractivity contribution in [2.24, 2.45) is 0 Å². The van der Waals surface area contributed by atoms with Crippen molar-refractivity contribution >= 4 is 17.4 Å². The molecule has 0 unspecified atom stereocenters. The third-order valence-corrected chi connectivity index (χ3v) is 2.67. The molecule has 0 spiro atoms. The second kappa shape index (κ2) is 5.44. The first-order chi connectivity index (χ1) is 9.06. The van der Waals surface area contributed by atoms with Crippen LogP contribution in [0.3, 0.4) is 0 Å². The summed E-state index contributed by atoms with van der Waals surface area (Å²) in [6.07, 6.45) is 0. The Bertz CT molecular complexity index is 618. The Morgan fingerprint density at radius 1 is 1.05 bits per heavy atom. The van der Waals surface area contributed by atoms with Crippen molar-refractivity contribution in [1.29, 1.82) is 0 Å². The lowest BCUT2D eigenvalue weighted by Gasteiger charge is -2.05. The third kappa shape index (κ3) is 3.25. The van der Waals surface area contributed by atoms with Gasteiger partial charge in [-0.15, -0.1) is 0 Å². The fraction of sp³-hybridized carbons (Fsp3) is 0.133. The number of aromatic nitrogens is 1. The summed E-state index contributed by atoms with van der Waals surface area (Å²) in [5.74, 6) is -0.266. The Labute approximate surface area is 111 Å². The molecule has 0 radical (unpaired) electrons. The molecule has 0 bridgehead atoms. The van der Waals surface area contributed by atoms with E-state index in [2.05, 4.69) is 10.3 Å². The minimum absolute atomic E-state index is 0.00164. The molecule has 19 heavy (non-hydrogen) atoms. The monoisotopic (exact) mass is 254 g/mol. The van der Waals surface area contributed by atoms with Crippen LogP contribution in [0.5, 0.6) is 0 Å². The Morgan fingerprint density at radius 3 is 2.32 bits per heavy atom. The number of nitrogens with one attached hydrogen (secondary N) is 1. The van der Waals surface area contributed by atoms with Crippen LogP contribution in [0.25, 0.3) is 0 Å². The van der Waals surface area contributed by atoms with Crippen LogP contribution in [0, 0.1) is 6.92 Å². The quantitative estimate of drug-likeness (QED) is 0.857. The van der Waals surface area contributed by atoms with Crippen molar-refractivity contribution in [2.45, 2.75) is 13.8 Å². The number of Topliss-reactive ketones (excluding diaryl/α,β-unsaturated/α-hetero) is 1. The molecule has 0 aliphatic rings. The number of hydrogen-bond acceptors (Lipinski definition) is 3. The molecule has 96 valence electrons. The minimum atomic E-state index is -0.265. The maximum atomic E-state index is 11.9. The van der Waals surface area contributed by atoms with E-state index in [0.29, 0.717) is 16.9 Å². The smallest absolute Gasteiger partial charge is 0.274 e. The molecule has 4 heteroatoms. The first-order valence-electron chi connectivity index (χ1n) is 5.92. The number of carbonyl (C=O) groups excluding carboxylic acids is 2. The van der Waals surface area contributed by atoms with Crippen LogP contribution in [0.4, 0.5) is 5.69 Å². The second-order valence-electron chi connectivity index (χ2n) is 4.25. The lowest BCUT2D eigenvalue weighted by Crippen LogP contribution is -2.14. The third-order valence-electron chi connectivity index (χ3n) is 2.67. The van der Waals surface area contributed by atoms with Crippen LogP contribution in [0.15, 0.2) is 42.5 Å². The number of pyridine rings is 1. The molecule has 0 fully saturated rings. The fourth-order valence-electron chi connectivity index (χ4n) is 1.65. The number of rotatable bonds is 3. The zero-order chi connectivity index (χ0) is 13.8. The molecule has 0 atom stereocenters. The van der Waals surface area contributed by atoms with E-state index in [0.717, 1.165) is 5.69 Å². The Balaban J connectivity index is 2.13. The van der Waals surface area contributed by atoms with Gasteiger partial charge in [0.25, 0.3) is 5.91 Å². The first-order valence-corrected chi connectivity index (χ1v) is 5.92. The van der Waals surface area contributed by atoms with Crippen LogP contribution < -0.4 is 5.32 Å². The molecule has 1 heterocycles. The molecule has 0 saturated carbocycles. The summed E-state index contributed by atoms with van der Waals surface area (Å²) in [6.45, 7) is 3.34. The van der Waals surface area contributed by atoms with Gasteiger partial charge < -0.3 is 5.32 Å². The molecule has 0 aliphatic carbocycles. The van der Waals surface area contributed by atoms with Gasteiger partial charge in [-0.1, -0.05) is 6.07 Å². The summed E-state index contributed by atoms with van der Waals surface area (Å²) in [6, 6.07) is 12.0. The van der Waals surface area contributed by atoms with E-state index >= 15 is 0 Å². The molecule has 2 aromatic rings. The first kappa shape index (κ1) is 13.0.